The van der Waals surface area contributed by atoms with E-state index in [1.54, 1.807) is 0 Å². The minimum absolute atomic E-state index is 0. The van der Waals surface area contributed by atoms with Crippen molar-refractivity contribution in [2.45, 2.75) is 0 Å². The van der Waals surface area contributed by atoms with Gasteiger partial charge in [-0.05, 0) is 93.8 Å². The van der Waals surface area contributed by atoms with Crippen molar-refractivity contribution >= 4 is 69.2 Å². The summed E-state index contributed by atoms with van der Waals surface area (Å²) >= 11 is 0. The van der Waals surface area contributed by atoms with Crippen LogP contribution >= 0.6 is 15.8 Å². The molecule has 8 heteroatoms. The lowest BCUT2D eigenvalue weighted by Gasteiger charge is -2.28. The summed E-state index contributed by atoms with van der Waals surface area (Å²) in [5.41, 5.74) is 4.85. The van der Waals surface area contributed by atoms with Crippen molar-refractivity contribution in [1.82, 2.24) is 9.13 Å². The van der Waals surface area contributed by atoms with Crippen molar-refractivity contribution in [3.63, 3.8) is 0 Å². The molecule has 0 spiro atoms. The maximum atomic E-state index is 3.28. The van der Waals surface area contributed by atoms with Gasteiger partial charge in [0.15, 0.2) is 0 Å². The fraction of sp³-hybridized carbons (Fsp3) is 0. The monoisotopic (exact) mass is 914 g/mol. The molecule has 0 unspecified atom stereocenters. The van der Waals surface area contributed by atoms with E-state index >= 15 is 0 Å². The van der Waals surface area contributed by atoms with Gasteiger partial charge in [-0.2, -0.15) is 0 Å². The molecular formula is C50H38Br2N4P2. The molecular weight excluding hydrogens is 878 g/mol. The first-order valence-electron chi connectivity index (χ1n) is 18.8. The van der Waals surface area contributed by atoms with Crippen LogP contribution in [0.4, 0.5) is 0 Å². The molecule has 282 valence electrons. The van der Waals surface area contributed by atoms with Gasteiger partial charge in [-0.3, -0.25) is 0 Å². The number of rotatable bonds is 9. The number of nitrogens with one attached hydrogen (secondary N) is 2. The number of H-pyrrole nitrogens is 2. The molecule has 2 aromatic heterocycles. The van der Waals surface area contributed by atoms with E-state index in [1.807, 2.05) is 25.0 Å². The molecule has 0 amide bonds. The van der Waals surface area contributed by atoms with Gasteiger partial charge in [0.25, 0.3) is 0 Å². The first-order chi connectivity index (χ1) is 27.8. The summed E-state index contributed by atoms with van der Waals surface area (Å²) in [6.45, 7) is 0. The summed E-state index contributed by atoms with van der Waals surface area (Å²) in [7, 11) is -1.95. The summed E-state index contributed by atoms with van der Waals surface area (Å²) in [6, 6.07) is 67.6. The fourth-order valence-corrected chi connectivity index (χ4v) is 13.0. The van der Waals surface area contributed by atoms with Gasteiger partial charge in [0.2, 0.25) is 12.7 Å². The fourth-order valence-electron chi connectivity index (χ4n) is 8.05. The highest BCUT2D eigenvalue weighted by atomic mass is 79.9. The molecule has 0 aliphatic carbocycles. The van der Waals surface area contributed by atoms with Crippen LogP contribution in [0.5, 0.6) is 0 Å². The summed E-state index contributed by atoms with van der Waals surface area (Å²) in [4.78, 5) is 6.56. The van der Waals surface area contributed by atoms with Crippen molar-refractivity contribution in [2.75, 3.05) is 0 Å². The average molecular weight is 917 g/mol. The highest BCUT2D eigenvalue weighted by Gasteiger charge is 2.29. The van der Waals surface area contributed by atoms with E-state index < -0.39 is 15.8 Å². The number of hydrogen-bond donors (Lipinski definition) is 0. The lowest BCUT2D eigenvalue weighted by atomic mass is 9.92. The van der Waals surface area contributed by atoms with Crippen molar-refractivity contribution in [3.8, 4) is 22.5 Å². The zero-order valence-corrected chi connectivity index (χ0v) is 36.3. The van der Waals surface area contributed by atoms with E-state index in [0.29, 0.717) is 0 Å². The molecule has 0 atom stereocenters. The molecule has 0 aliphatic rings. The van der Waals surface area contributed by atoms with E-state index in [9.17, 15) is 0 Å². The standard InChI is InChI=1S/C50H36N4P2.2BrH/c1-5-15-37(16-6-1)55(38-17-7-2-8-18-38)47-29-27-41-43(23-13-25-45(41)53-33-31-51-35-53)49(47)50-44-24-14-26-46(54-34-32-52-36-54)42(44)28-30-48(50)56(39-19-9-3-10-20-39)40-21-11-4-12-22-40;;/h1-36H;2*1H. The first-order valence-corrected chi connectivity index (χ1v) is 21.5. The Kier molecular flexibility index (Phi) is 11.9. The molecule has 0 saturated heterocycles. The van der Waals surface area contributed by atoms with Crippen LogP contribution in [0, 0.1) is 0 Å². The molecule has 0 fully saturated rings. The largest absolute Gasteiger partial charge is 1.00 e. The van der Waals surface area contributed by atoms with Crippen LogP contribution in [-0.2, 0) is 0 Å². The highest BCUT2D eigenvalue weighted by molar-refractivity contribution is 7.80. The summed E-state index contributed by atoms with van der Waals surface area (Å²) in [5, 5.41) is 12.8. The van der Waals surface area contributed by atoms with Gasteiger partial charge in [0.1, 0.15) is 36.2 Å². The third-order valence-electron chi connectivity index (χ3n) is 10.5. The number of fused-ring (bicyclic) bond motifs is 2. The van der Waals surface area contributed by atoms with Crippen LogP contribution in [0.3, 0.4) is 0 Å². The number of aromatic nitrogens is 4. The molecule has 8 aromatic carbocycles. The van der Waals surface area contributed by atoms with E-state index in [4.69, 9.17) is 0 Å². The van der Waals surface area contributed by atoms with Gasteiger partial charge in [0.05, 0.1) is 0 Å². The molecule has 2 N–H and O–H groups in total. The zero-order chi connectivity index (χ0) is 37.3. The normalized spacial score (nSPS) is 11.1. The molecule has 0 aliphatic heterocycles. The lowest BCUT2D eigenvalue weighted by molar-refractivity contribution is -0.377. The van der Waals surface area contributed by atoms with Gasteiger partial charge >= 0.3 is 0 Å². The van der Waals surface area contributed by atoms with Crippen molar-refractivity contribution < 1.29 is 43.9 Å². The second-order valence-electron chi connectivity index (χ2n) is 13.7. The van der Waals surface area contributed by atoms with Crippen LogP contribution in [-0.4, -0.2) is 9.13 Å². The molecule has 0 saturated carbocycles. The maximum absolute atomic E-state index is 3.28. The van der Waals surface area contributed by atoms with Gasteiger partial charge in [-0.1, -0.05) is 158 Å². The van der Waals surface area contributed by atoms with Gasteiger partial charge in [-0.15, -0.1) is 0 Å². The second kappa shape index (κ2) is 17.6. The molecule has 58 heavy (non-hydrogen) atoms. The third-order valence-corrected chi connectivity index (χ3v) is 15.4. The number of hydrogen-bond acceptors (Lipinski definition) is 0. The summed E-state index contributed by atoms with van der Waals surface area (Å²) in [6.07, 6.45) is 12.2. The number of aromatic amines is 2. The Morgan fingerprint density at radius 1 is 0.328 bits per heavy atom. The number of benzene rings is 8. The average Bonchev–Trinajstić information content (AvgIpc) is 4.02. The minimum Gasteiger partial charge on any atom is -1.00 e. The second-order valence-corrected chi connectivity index (χ2v) is 18.1. The number of halogens is 2. The van der Waals surface area contributed by atoms with Crippen molar-refractivity contribution in [3.05, 3.63) is 219 Å². The van der Waals surface area contributed by atoms with Gasteiger partial charge in [0, 0.05) is 10.8 Å². The molecule has 10 aromatic rings. The highest BCUT2D eigenvalue weighted by Crippen LogP contribution is 2.46. The number of nitrogens with zero attached hydrogens (tertiary/aromatic N) is 2. The maximum Gasteiger partial charge on any atom is 0.246 e. The Balaban J connectivity index is 0.00000235. The Morgan fingerprint density at radius 2 is 0.672 bits per heavy atom. The predicted molar refractivity (Wildman–Crippen MR) is 236 cm³/mol. The molecule has 2 heterocycles. The molecule has 4 nitrogen and oxygen atoms in total. The van der Waals surface area contributed by atoms with Crippen LogP contribution in [0.1, 0.15) is 0 Å². The molecule has 10 rings (SSSR count). The van der Waals surface area contributed by atoms with Crippen LogP contribution in [0.15, 0.2) is 219 Å². The zero-order valence-electron chi connectivity index (χ0n) is 31.3. The SMILES string of the molecule is [Br-].[Br-].c1ccc(P(c2ccccc2)c2ccc3c(-n4cc[nH+]c4)cccc3c2-c2c(P(c3ccccc3)c3ccccc3)ccc3c(-n4cc[nH+]c4)cccc23)cc1. The van der Waals surface area contributed by atoms with E-state index in [1.165, 1.54) is 64.5 Å². The van der Waals surface area contributed by atoms with Crippen LogP contribution < -0.4 is 75.8 Å². The minimum atomic E-state index is -0.974. The smallest absolute Gasteiger partial charge is 0.246 e. The summed E-state index contributed by atoms with van der Waals surface area (Å²) < 4.78 is 4.38. The van der Waals surface area contributed by atoms with Crippen LogP contribution in [0.2, 0.25) is 0 Å². The van der Waals surface area contributed by atoms with Crippen molar-refractivity contribution in [2.24, 2.45) is 0 Å². The Morgan fingerprint density at radius 3 is 0.983 bits per heavy atom. The molecule has 0 bridgehead atoms. The Labute approximate surface area is 361 Å². The van der Waals surface area contributed by atoms with Gasteiger partial charge < -0.3 is 34.0 Å². The Hall–Kier alpha value is -5.48. The quantitative estimate of drug-likeness (QED) is 0.200. The van der Waals surface area contributed by atoms with E-state index in [0.717, 1.165) is 11.4 Å². The lowest BCUT2D eigenvalue weighted by Crippen LogP contribution is -3.00. The van der Waals surface area contributed by atoms with Gasteiger partial charge in [-0.25, -0.2) is 19.1 Å². The van der Waals surface area contributed by atoms with Crippen molar-refractivity contribution in [1.29, 1.82) is 0 Å². The van der Waals surface area contributed by atoms with E-state index in [-0.39, 0.29) is 34.0 Å². The van der Waals surface area contributed by atoms with E-state index in [2.05, 4.69) is 213 Å². The number of imidazole rings is 2. The summed E-state index contributed by atoms with van der Waals surface area (Å²) in [5.74, 6) is 0. The van der Waals surface area contributed by atoms with Crippen LogP contribution in [0.25, 0.3) is 44.0 Å². The Bertz CT molecular complexity index is 2630. The predicted octanol–water partition coefficient (Wildman–Crippen LogP) is 2.39. The molecule has 0 radical (unpaired) electrons. The first kappa shape index (κ1) is 39.4. The topological polar surface area (TPSA) is 38.1 Å². The third kappa shape index (κ3) is 7.27.